The van der Waals surface area contributed by atoms with Gasteiger partial charge in [0.05, 0.1) is 0 Å². The molecule has 1 fully saturated rings. The highest BCUT2D eigenvalue weighted by Gasteiger charge is 2.20. The first-order valence-corrected chi connectivity index (χ1v) is 8.77. The van der Waals surface area contributed by atoms with E-state index in [1.807, 2.05) is 0 Å². The highest BCUT2D eigenvalue weighted by molar-refractivity contribution is 7.80. The van der Waals surface area contributed by atoms with E-state index in [9.17, 15) is 14.4 Å². The first-order valence-electron chi connectivity index (χ1n) is 8.14. The molecule has 13 heteroatoms. The number of carboxylic acids is 3. The summed E-state index contributed by atoms with van der Waals surface area (Å²) in [7, 11) is 0. The zero-order chi connectivity index (χ0) is 21.4. The summed E-state index contributed by atoms with van der Waals surface area (Å²) in [6.07, 6.45) is 2.76. The molecule has 1 aliphatic heterocycles. The van der Waals surface area contributed by atoms with Gasteiger partial charge >= 0.3 is 17.9 Å². The van der Waals surface area contributed by atoms with E-state index in [0.29, 0.717) is 19.4 Å². The molecule has 1 rings (SSSR count). The summed E-state index contributed by atoms with van der Waals surface area (Å²) in [4.78, 5) is 30.1. The summed E-state index contributed by atoms with van der Waals surface area (Å²) >= 11 is 3.65. The van der Waals surface area contributed by atoms with E-state index in [0.717, 1.165) is 19.4 Å². The van der Waals surface area contributed by atoms with Gasteiger partial charge in [-0.25, -0.2) is 0 Å². The molecule has 2 unspecified atom stereocenters. The van der Waals surface area contributed by atoms with Crippen LogP contribution in [0.1, 0.15) is 25.7 Å². The van der Waals surface area contributed by atoms with Crippen LogP contribution in [0.15, 0.2) is 0 Å². The van der Waals surface area contributed by atoms with Gasteiger partial charge in [0.15, 0.2) is 5.96 Å². The van der Waals surface area contributed by atoms with Crippen LogP contribution in [0.3, 0.4) is 0 Å². The molecule has 158 valence electrons. The van der Waals surface area contributed by atoms with Gasteiger partial charge in [-0.15, -0.1) is 0 Å². The predicted molar refractivity (Wildman–Crippen MR) is 103 cm³/mol. The highest BCUT2D eigenvalue weighted by atomic mass is 32.1. The standard InChI is InChI=1S/C6H14N4O2.C5H9NO2.C3H7NO2S/c7-4(5(11)12)2-1-3-10-6(8)9;7-5(8)4-2-1-3-6-4;4-2(1-7)3(5)6/h4H,1-3,7H2,(H,11,12)(H4,8,9,10);4,6H,1-3H2,(H,7,8);2,7H,1,4H2,(H,5,6)/t;4-;/m.0./s1. The SMILES string of the molecule is N=C(N)NCCCC(N)C(=O)O.NC(CS)C(=O)O.O=C(O)[C@@H]1CCCN1. The van der Waals surface area contributed by atoms with Crippen molar-refractivity contribution < 1.29 is 29.7 Å². The summed E-state index contributed by atoms with van der Waals surface area (Å²) in [5, 5.41) is 36.9. The number of rotatable bonds is 8. The Labute approximate surface area is 162 Å². The van der Waals surface area contributed by atoms with Crippen LogP contribution in [-0.4, -0.2) is 76.2 Å². The van der Waals surface area contributed by atoms with Gasteiger partial charge in [0.25, 0.3) is 0 Å². The van der Waals surface area contributed by atoms with E-state index in [2.05, 4.69) is 23.3 Å². The smallest absolute Gasteiger partial charge is 0.321 e. The van der Waals surface area contributed by atoms with Gasteiger partial charge in [0.1, 0.15) is 18.1 Å². The van der Waals surface area contributed by atoms with E-state index in [4.69, 9.17) is 37.9 Å². The number of nitrogens with two attached hydrogens (primary N) is 3. The molecule has 0 spiro atoms. The number of hydrogen-bond donors (Lipinski definition) is 10. The van der Waals surface area contributed by atoms with Gasteiger partial charge in [-0.05, 0) is 32.2 Å². The van der Waals surface area contributed by atoms with Crippen molar-refractivity contribution in [1.29, 1.82) is 5.41 Å². The van der Waals surface area contributed by atoms with Gasteiger partial charge in [-0.3, -0.25) is 19.8 Å². The van der Waals surface area contributed by atoms with Gasteiger partial charge in [0, 0.05) is 12.3 Å². The maximum atomic E-state index is 10.2. The average Bonchev–Trinajstić information content (AvgIpc) is 3.13. The van der Waals surface area contributed by atoms with E-state index in [-0.39, 0.29) is 17.8 Å². The Morgan fingerprint density at radius 2 is 1.74 bits per heavy atom. The number of aliphatic carboxylic acids is 3. The average molecular weight is 410 g/mol. The molecule has 0 amide bonds. The quantitative estimate of drug-likeness (QED) is 0.0892. The van der Waals surface area contributed by atoms with E-state index in [1.165, 1.54) is 0 Å². The number of hydrogen-bond acceptors (Lipinski definition) is 8. The summed E-state index contributed by atoms with van der Waals surface area (Å²) in [6, 6.07) is -1.91. The summed E-state index contributed by atoms with van der Waals surface area (Å²) in [5.74, 6) is -2.65. The summed E-state index contributed by atoms with van der Waals surface area (Å²) in [5.41, 5.74) is 15.2. The van der Waals surface area contributed by atoms with Crippen molar-refractivity contribution in [3.8, 4) is 0 Å². The van der Waals surface area contributed by atoms with Crippen LogP contribution >= 0.6 is 12.6 Å². The maximum absolute atomic E-state index is 10.2. The van der Waals surface area contributed by atoms with Crippen molar-refractivity contribution in [3.05, 3.63) is 0 Å². The lowest BCUT2D eigenvalue weighted by Gasteiger charge is -2.06. The first-order chi connectivity index (χ1) is 12.5. The number of nitrogens with one attached hydrogen (secondary N) is 3. The fourth-order valence-corrected chi connectivity index (χ4v) is 1.80. The Morgan fingerprint density at radius 3 is 2.00 bits per heavy atom. The minimum Gasteiger partial charge on any atom is -0.480 e. The van der Waals surface area contributed by atoms with Crippen LogP contribution < -0.4 is 27.8 Å². The molecule has 0 aliphatic carbocycles. The van der Waals surface area contributed by atoms with Gasteiger partial charge in [-0.1, -0.05) is 0 Å². The molecule has 1 heterocycles. The molecule has 0 bridgehead atoms. The monoisotopic (exact) mass is 410 g/mol. The minimum absolute atomic E-state index is 0.112. The Bertz CT molecular complexity index is 475. The van der Waals surface area contributed by atoms with Gasteiger partial charge in [0.2, 0.25) is 0 Å². The molecule has 12 N–H and O–H groups in total. The Hall–Kier alpha value is -2.09. The molecule has 27 heavy (non-hydrogen) atoms. The van der Waals surface area contributed by atoms with Gasteiger partial charge in [-0.2, -0.15) is 12.6 Å². The largest absolute Gasteiger partial charge is 0.480 e. The second-order valence-electron chi connectivity index (χ2n) is 5.54. The number of guanidine groups is 1. The normalized spacial score (nSPS) is 17.2. The zero-order valence-electron chi connectivity index (χ0n) is 14.9. The van der Waals surface area contributed by atoms with Crippen LogP contribution in [0, 0.1) is 5.41 Å². The third-order valence-corrected chi connectivity index (χ3v) is 3.59. The lowest BCUT2D eigenvalue weighted by molar-refractivity contribution is -0.139. The zero-order valence-corrected chi connectivity index (χ0v) is 15.8. The molecule has 0 aromatic carbocycles. The minimum atomic E-state index is -1.00. The molecule has 3 atom stereocenters. The van der Waals surface area contributed by atoms with Gasteiger partial charge < -0.3 is 43.2 Å². The van der Waals surface area contributed by atoms with Crippen LogP contribution in [0.4, 0.5) is 0 Å². The van der Waals surface area contributed by atoms with E-state index < -0.39 is 30.0 Å². The molecule has 0 aromatic rings. The van der Waals surface area contributed by atoms with Crippen molar-refractivity contribution >= 4 is 36.5 Å². The third-order valence-electron chi connectivity index (χ3n) is 3.20. The first kappa shape index (κ1) is 27.1. The summed E-state index contributed by atoms with van der Waals surface area (Å²) < 4.78 is 0. The lowest BCUT2D eigenvalue weighted by Crippen LogP contribution is -2.34. The third kappa shape index (κ3) is 17.1. The Kier molecular flexibility index (Phi) is 16.2. The predicted octanol–water partition coefficient (Wildman–Crippen LogP) is -2.19. The fourth-order valence-electron chi connectivity index (χ4n) is 1.64. The molecule has 1 saturated heterocycles. The maximum Gasteiger partial charge on any atom is 0.321 e. The number of thiol groups is 1. The van der Waals surface area contributed by atoms with Crippen LogP contribution in [-0.2, 0) is 14.4 Å². The second-order valence-corrected chi connectivity index (χ2v) is 5.91. The second kappa shape index (κ2) is 16.1. The molecular weight excluding hydrogens is 380 g/mol. The van der Waals surface area contributed by atoms with E-state index in [1.54, 1.807) is 0 Å². The van der Waals surface area contributed by atoms with Crippen LogP contribution in [0.25, 0.3) is 0 Å². The lowest BCUT2D eigenvalue weighted by atomic mass is 10.2. The van der Waals surface area contributed by atoms with Crippen molar-refractivity contribution in [2.45, 2.75) is 43.8 Å². The molecule has 0 radical (unpaired) electrons. The Morgan fingerprint density at radius 1 is 1.19 bits per heavy atom. The molecular formula is C14H30N6O6S. The van der Waals surface area contributed by atoms with Crippen LogP contribution in [0.5, 0.6) is 0 Å². The fraction of sp³-hybridized carbons (Fsp3) is 0.714. The van der Waals surface area contributed by atoms with Crippen molar-refractivity contribution in [3.63, 3.8) is 0 Å². The molecule has 12 nitrogen and oxygen atoms in total. The van der Waals surface area contributed by atoms with Crippen molar-refractivity contribution in [2.75, 3.05) is 18.8 Å². The van der Waals surface area contributed by atoms with Crippen molar-refractivity contribution in [1.82, 2.24) is 10.6 Å². The van der Waals surface area contributed by atoms with E-state index >= 15 is 0 Å². The Balaban J connectivity index is 0. The molecule has 0 aromatic heterocycles. The van der Waals surface area contributed by atoms with Crippen molar-refractivity contribution in [2.24, 2.45) is 17.2 Å². The number of carboxylic acid groups (broad SMARTS) is 3. The molecule has 0 saturated carbocycles. The molecule has 1 aliphatic rings. The highest BCUT2D eigenvalue weighted by Crippen LogP contribution is 2.03. The number of carbonyl (C=O) groups is 3. The topological polar surface area (TPSA) is 238 Å². The van der Waals surface area contributed by atoms with Crippen LogP contribution in [0.2, 0.25) is 0 Å². The summed E-state index contributed by atoms with van der Waals surface area (Å²) in [6.45, 7) is 1.34.